The average molecular weight is 254 g/mol. The van der Waals surface area contributed by atoms with Gasteiger partial charge in [0.15, 0.2) is 0 Å². The summed E-state index contributed by atoms with van der Waals surface area (Å²) in [4.78, 5) is 23.1. The second-order valence-corrected chi connectivity index (χ2v) is 4.85. The molecule has 0 aromatic rings. The molecule has 0 spiro atoms. The Morgan fingerprint density at radius 1 is 1.39 bits per heavy atom. The van der Waals surface area contributed by atoms with Crippen LogP contribution >= 0.6 is 0 Å². The normalized spacial score (nSPS) is 18.5. The van der Waals surface area contributed by atoms with Gasteiger partial charge in [0.2, 0.25) is 0 Å². The van der Waals surface area contributed by atoms with Crippen LogP contribution in [0.3, 0.4) is 0 Å². The molecule has 0 aromatic carbocycles. The first-order valence-electron chi connectivity index (χ1n) is 5.70. The first-order valence-corrected chi connectivity index (χ1v) is 5.70. The maximum Gasteiger partial charge on any atom is 0.329 e. The lowest BCUT2D eigenvalue weighted by Gasteiger charge is -2.34. The summed E-state index contributed by atoms with van der Waals surface area (Å²) in [6.45, 7) is 3.93. The lowest BCUT2D eigenvalue weighted by atomic mass is 9.90. The van der Waals surface area contributed by atoms with Gasteiger partial charge in [0, 0.05) is 26.1 Å². The van der Waals surface area contributed by atoms with Crippen molar-refractivity contribution in [3.05, 3.63) is 0 Å². The van der Waals surface area contributed by atoms with Crippen molar-refractivity contribution >= 4 is 12.0 Å². The third-order valence-electron chi connectivity index (χ3n) is 2.90. The molecule has 1 heterocycles. The molecular formula is C12H18N2O4. The number of terminal acetylenes is 1. The van der Waals surface area contributed by atoms with E-state index >= 15 is 0 Å². The molecule has 0 unspecified atom stereocenters. The minimum absolute atomic E-state index is 0.242. The predicted molar refractivity (Wildman–Crippen MR) is 65.0 cm³/mol. The number of nitrogens with one attached hydrogen (secondary N) is 2. The van der Waals surface area contributed by atoms with Gasteiger partial charge < -0.3 is 20.5 Å². The zero-order valence-electron chi connectivity index (χ0n) is 10.6. The fourth-order valence-corrected chi connectivity index (χ4v) is 1.68. The minimum atomic E-state index is -1.27. The number of carbonyl (C=O) groups excluding carboxylic acids is 1. The summed E-state index contributed by atoms with van der Waals surface area (Å²) in [6, 6.07) is -0.581. The first kappa shape index (κ1) is 14.3. The molecular weight excluding hydrogens is 236 g/mol. The molecule has 2 amide bonds. The molecule has 18 heavy (non-hydrogen) atoms. The molecule has 1 aliphatic rings. The van der Waals surface area contributed by atoms with Crippen LogP contribution in [0.1, 0.15) is 26.7 Å². The van der Waals surface area contributed by atoms with Crippen LogP contribution in [0.2, 0.25) is 0 Å². The minimum Gasteiger partial charge on any atom is -0.480 e. The van der Waals surface area contributed by atoms with Gasteiger partial charge in [0.1, 0.15) is 5.54 Å². The molecule has 0 saturated carbocycles. The zero-order valence-corrected chi connectivity index (χ0v) is 10.6. The van der Waals surface area contributed by atoms with E-state index in [-0.39, 0.29) is 12.8 Å². The van der Waals surface area contributed by atoms with Crippen LogP contribution in [-0.4, -0.2) is 41.4 Å². The molecule has 6 nitrogen and oxygen atoms in total. The lowest BCUT2D eigenvalue weighted by Crippen LogP contribution is -2.61. The number of rotatable bonds is 3. The molecule has 100 valence electrons. The van der Waals surface area contributed by atoms with Gasteiger partial charge >= 0.3 is 12.0 Å². The number of urea groups is 1. The Hall–Kier alpha value is -1.74. The molecule has 0 aromatic heterocycles. The Kier molecular flexibility index (Phi) is 4.19. The predicted octanol–water partition coefficient (Wildman–Crippen LogP) is 0.331. The highest BCUT2D eigenvalue weighted by Crippen LogP contribution is 2.21. The summed E-state index contributed by atoms with van der Waals surface area (Å²) < 4.78 is 5.11. The van der Waals surface area contributed by atoms with E-state index in [1.165, 1.54) is 0 Å². The van der Waals surface area contributed by atoms with Crippen molar-refractivity contribution < 1.29 is 19.4 Å². The SMILES string of the molecule is C#CC(C)(C)NC(=O)NC1(C(=O)O)CCOCC1. The van der Waals surface area contributed by atoms with Crippen molar-refractivity contribution in [2.45, 2.75) is 37.8 Å². The summed E-state index contributed by atoms with van der Waals surface area (Å²) in [7, 11) is 0. The Morgan fingerprint density at radius 2 is 1.94 bits per heavy atom. The smallest absolute Gasteiger partial charge is 0.329 e. The molecule has 0 aliphatic carbocycles. The van der Waals surface area contributed by atoms with E-state index in [2.05, 4.69) is 16.6 Å². The van der Waals surface area contributed by atoms with Gasteiger partial charge in [-0.25, -0.2) is 9.59 Å². The van der Waals surface area contributed by atoms with E-state index in [1.807, 2.05) is 0 Å². The number of amides is 2. The van der Waals surface area contributed by atoms with Crippen LogP contribution in [0.15, 0.2) is 0 Å². The standard InChI is InChI=1S/C12H18N2O4/c1-4-11(2,3)13-10(17)14-12(9(15)16)5-7-18-8-6-12/h1H,5-8H2,2-3H3,(H,15,16)(H2,13,14,17). The van der Waals surface area contributed by atoms with E-state index in [0.717, 1.165) is 0 Å². The third kappa shape index (κ3) is 3.37. The van der Waals surface area contributed by atoms with E-state index in [4.69, 9.17) is 11.2 Å². The van der Waals surface area contributed by atoms with Gasteiger partial charge in [0.05, 0.1) is 5.54 Å². The Labute approximate surface area is 106 Å². The number of carboxylic acids is 1. The van der Waals surface area contributed by atoms with Crippen molar-refractivity contribution in [2.75, 3.05) is 13.2 Å². The molecule has 6 heteroatoms. The van der Waals surface area contributed by atoms with Crippen molar-refractivity contribution in [2.24, 2.45) is 0 Å². The Bertz CT molecular complexity index is 378. The van der Waals surface area contributed by atoms with Gasteiger partial charge in [-0.1, -0.05) is 5.92 Å². The second-order valence-electron chi connectivity index (χ2n) is 4.85. The number of hydrogen-bond donors (Lipinski definition) is 3. The number of ether oxygens (including phenoxy) is 1. The van der Waals surface area contributed by atoms with E-state index in [0.29, 0.717) is 13.2 Å². The zero-order chi connectivity index (χ0) is 13.8. The second kappa shape index (κ2) is 5.27. The molecule has 1 aliphatic heterocycles. The highest BCUT2D eigenvalue weighted by atomic mass is 16.5. The summed E-state index contributed by atoms with van der Waals surface area (Å²) in [6.07, 6.45) is 5.74. The van der Waals surface area contributed by atoms with Gasteiger partial charge in [0.25, 0.3) is 0 Å². The number of carbonyl (C=O) groups is 2. The summed E-state index contributed by atoms with van der Waals surface area (Å²) in [5.41, 5.74) is -2.10. The number of carboxylic acid groups (broad SMARTS) is 1. The molecule has 0 atom stereocenters. The van der Waals surface area contributed by atoms with E-state index in [1.54, 1.807) is 13.8 Å². The first-order chi connectivity index (χ1) is 8.31. The maximum absolute atomic E-state index is 11.8. The van der Waals surface area contributed by atoms with Crippen molar-refractivity contribution in [3.63, 3.8) is 0 Å². The highest BCUT2D eigenvalue weighted by molar-refractivity contribution is 5.86. The summed E-state index contributed by atoms with van der Waals surface area (Å²) >= 11 is 0. The van der Waals surface area contributed by atoms with Crippen molar-refractivity contribution in [3.8, 4) is 12.3 Å². The van der Waals surface area contributed by atoms with Crippen LogP contribution in [0.5, 0.6) is 0 Å². The Morgan fingerprint density at radius 3 is 2.39 bits per heavy atom. The molecule has 1 rings (SSSR count). The quantitative estimate of drug-likeness (QED) is 0.633. The Balaban J connectivity index is 2.71. The summed E-state index contributed by atoms with van der Waals surface area (Å²) in [5, 5.41) is 14.3. The molecule has 3 N–H and O–H groups in total. The van der Waals surface area contributed by atoms with E-state index in [9.17, 15) is 14.7 Å². The van der Waals surface area contributed by atoms with Crippen LogP contribution < -0.4 is 10.6 Å². The average Bonchev–Trinajstić information content (AvgIpc) is 2.29. The monoisotopic (exact) mass is 254 g/mol. The van der Waals surface area contributed by atoms with Gasteiger partial charge in [-0.2, -0.15) is 0 Å². The van der Waals surface area contributed by atoms with Crippen LogP contribution in [-0.2, 0) is 9.53 Å². The number of aliphatic carboxylic acids is 1. The number of hydrogen-bond acceptors (Lipinski definition) is 3. The molecule has 0 radical (unpaired) electrons. The largest absolute Gasteiger partial charge is 0.480 e. The van der Waals surface area contributed by atoms with Gasteiger partial charge in [-0.05, 0) is 13.8 Å². The van der Waals surface area contributed by atoms with Gasteiger partial charge in [-0.3, -0.25) is 0 Å². The van der Waals surface area contributed by atoms with Crippen molar-refractivity contribution in [1.29, 1.82) is 0 Å². The molecule has 1 fully saturated rings. The maximum atomic E-state index is 11.8. The van der Waals surface area contributed by atoms with Crippen LogP contribution in [0.4, 0.5) is 4.79 Å². The molecule has 0 bridgehead atoms. The fraction of sp³-hybridized carbons (Fsp3) is 0.667. The van der Waals surface area contributed by atoms with E-state index < -0.39 is 23.1 Å². The van der Waals surface area contributed by atoms with Gasteiger partial charge in [-0.15, -0.1) is 6.42 Å². The topological polar surface area (TPSA) is 87.7 Å². The third-order valence-corrected chi connectivity index (χ3v) is 2.90. The lowest BCUT2D eigenvalue weighted by molar-refractivity contribution is -0.148. The summed E-state index contributed by atoms with van der Waals surface area (Å²) in [5.74, 6) is 1.35. The molecule has 1 saturated heterocycles. The van der Waals surface area contributed by atoms with Crippen LogP contribution in [0, 0.1) is 12.3 Å². The van der Waals surface area contributed by atoms with Crippen LogP contribution in [0.25, 0.3) is 0 Å². The fourth-order valence-electron chi connectivity index (χ4n) is 1.68. The van der Waals surface area contributed by atoms with Crippen molar-refractivity contribution in [1.82, 2.24) is 10.6 Å². The highest BCUT2D eigenvalue weighted by Gasteiger charge is 2.42.